The molecule has 0 saturated carbocycles. The highest BCUT2D eigenvalue weighted by Crippen LogP contribution is 2.32. The molecule has 0 radical (unpaired) electrons. The molecule has 3 rings (SSSR count). The SMILES string of the molecule is C[C@@H](O)[C@@H](N)c1cc2ccccc2c2ccccc12. The largest absolute Gasteiger partial charge is 0.391 e. The lowest BCUT2D eigenvalue weighted by molar-refractivity contribution is 0.165. The molecule has 0 aliphatic heterocycles. The number of aliphatic hydroxyl groups is 1. The second kappa shape index (κ2) is 4.65. The molecular formula is C17H17NO. The summed E-state index contributed by atoms with van der Waals surface area (Å²) in [4.78, 5) is 0. The summed E-state index contributed by atoms with van der Waals surface area (Å²) in [6.07, 6.45) is -0.565. The standard InChI is InChI=1S/C17H17NO/c1-11(19)17(18)16-10-12-6-2-3-7-13(12)14-8-4-5-9-15(14)16/h2-11,17,19H,18H2,1H3/t11-,17-/m1/s1. The summed E-state index contributed by atoms with van der Waals surface area (Å²) in [5.41, 5.74) is 7.15. The first-order valence-electron chi connectivity index (χ1n) is 6.52. The quantitative estimate of drug-likeness (QED) is 0.686. The van der Waals surface area contributed by atoms with Gasteiger partial charge in [0.25, 0.3) is 0 Å². The smallest absolute Gasteiger partial charge is 0.0704 e. The third-order valence-corrected chi connectivity index (χ3v) is 3.68. The van der Waals surface area contributed by atoms with Crippen LogP contribution in [0.25, 0.3) is 21.5 Å². The van der Waals surface area contributed by atoms with E-state index >= 15 is 0 Å². The highest BCUT2D eigenvalue weighted by Gasteiger charge is 2.16. The van der Waals surface area contributed by atoms with Crippen molar-refractivity contribution in [1.82, 2.24) is 0 Å². The van der Waals surface area contributed by atoms with Crippen molar-refractivity contribution in [2.24, 2.45) is 5.73 Å². The highest BCUT2D eigenvalue weighted by atomic mass is 16.3. The van der Waals surface area contributed by atoms with Crippen molar-refractivity contribution in [2.75, 3.05) is 0 Å². The van der Waals surface area contributed by atoms with Gasteiger partial charge in [0.1, 0.15) is 0 Å². The third-order valence-electron chi connectivity index (χ3n) is 3.68. The van der Waals surface area contributed by atoms with Crippen molar-refractivity contribution in [2.45, 2.75) is 19.1 Å². The molecule has 19 heavy (non-hydrogen) atoms. The zero-order chi connectivity index (χ0) is 13.4. The minimum Gasteiger partial charge on any atom is -0.391 e. The van der Waals surface area contributed by atoms with Gasteiger partial charge in [0, 0.05) is 0 Å². The number of nitrogens with two attached hydrogens (primary N) is 1. The molecule has 0 aromatic heterocycles. The van der Waals surface area contributed by atoms with Crippen LogP contribution in [-0.4, -0.2) is 11.2 Å². The maximum atomic E-state index is 9.78. The minimum absolute atomic E-state index is 0.366. The molecule has 3 aromatic rings. The Morgan fingerprint density at radius 1 is 0.895 bits per heavy atom. The molecular weight excluding hydrogens is 234 g/mol. The molecule has 0 bridgehead atoms. The van der Waals surface area contributed by atoms with Crippen LogP contribution < -0.4 is 5.73 Å². The van der Waals surface area contributed by atoms with Crippen LogP contribution in [-0.2, 0) is 0 Å². The number of fused-ring (bicyclic) bond motifs is 3. The lowest BCUT2D eigenvalue weighted by atomic mass is 9.92. The summed E-state index contributed by atoms with van der Waals surface area (Å²) in [6.45, 7) is 1.73. The van der Waals surface area contributed by atoms with E-state index in [2.05, 4.69) is 30.3 Å². The fraction of sp³-hybridized carbons (Fsp3) is 0.176. The first kappa shape index (κ1) is 12.2. The first-order chi connectivity index (χ1) is 9.18. The Labute approximate surface area is 112 Å². The Hall–Kier alpha value is -1.90. The lowest BCUT2D eigenvalue weighted by Gasteiger charge is -2.19. The van der Waals surface area contributed by atoms with Crippen LogP contribution >= 0.6 is 0 Å². The fourth-order valence-electron chi connectivity index (χ4n) is 2.62. The Morgan fingerprint density at radius 3 is 2.16 bits per heavy atom. The van der Waals surface area contributed by atoms with Gasteiger partial charge in [-0.3, -0.25) is 0 Å². The molecule has 0 saturated heterocycles. The van der Waals surface area contributed by atoms with Gasteiger partial charge in [-0.05, 0) is 40.1 Å². The topological polar surface area (TPSA) is 46.2 Å². The van der Waals surface area contributed by atoms with E-state index in [0.29, 0.717) is 0 Å². The van der Waals surface area contributed by atoms with Crippen LogP contribution in [0.3, 0.4) is 0 Å². The zero-order valence-electron chi connectivity index (χ0n) is 10.9. The van der Waals surface area contributed by atoms with E-state index in [1.54, 1.807) is 6.92 Å². The van der Waals surface area contributed by atoms with Gasteiger partial charge in [0.05, 0.1) is 12.1 Å². The van der Waals surface area contributed by atoms with Crippen LogP contribution in [0, 0.1) is 0 Å². The molecule has 3 N–H and O–H groups in total. The van der Waals surface area contributed by atoms with Crippen molar-refractivity contribution in [3.63, 3.8) is 0 Å². The maximum absolute atomic E-state index is 9.78. The van der Waals surface area contributed by atoms with Crippen LogP contribution in [0.15, 0.2) is 54.6 Å². The molecule has 0 aliphatic carbocycles. The molecule has 0 heterocycles. The van der Waals surface area contributed by atoms with E-state index < -0.39 is 6.10 Å². The van der Waals surface area contributed by atoms with Gasteiger partial charge < -0.3 is 10.8 Å². The van der Waals surface area contributed by atoms with Crippen molar-refractivity contribution in [1.29, 1.82) is 0 Å². The van der Waals surface area contributed by atoms with E-state index in [1.165, 1.54) is 10.8 Å². The molecule has 0 spiro atoms. The van der Waals surface area contributed by atoms with Crippen molar-refractivity contribution in [3.05, 3.63) is 60.2 Å². The number of hydrogen-bond acceptors (Lipinski definition) is 2. The molecule has 3 aromatic carbocycles. The van der Waals surface area contributed by atoms with E-state index in [4.69, 9.17) is 5.73 Å². The monoisotopic (exact) mass is 251 g/mol. The second-order valence-corrected chi connectivity index (χ2v) is 5.00. The van der Waals surface area contributed by atoms with Gasteiger partial charge in [-0.25, -0.2) is 0 Å². The maximum Gasteiger partial charge on any atom is 0.0704 e. The molecule has 2 nitrogen and oxygen atoms in total. The van der Waals surface area contributed by atoms with Gasteiger partial charge >= 0.3 is 0 Å². The molecule has 0 fully saturated rings. The summed E-state index contributed by atoms with van der Waals surface area (Å²) in [5.74, 6) is 0. The normalized spacial score (nSPS) is 14.7. The Bertz CT molecular complexity index is 733. The number of benzene rings is 3. The molecule has 2 heteroatoms. The van der Waals surface area contributed by atoms with Gasteiger partial charge in [-0.1, -0.05) is 48.5 Å². The fourth-order valence-corrected chi connectivity index (χ4v) is 2.62. The average molecular weight is 251 g/mol. The van der Waals surface area contributed by atoms with Crippen LogP contribution in [0.2, 0.25) is 0 Å². The van der Waals surface area contributed by atoms with Crippen LogP contribution in [0.5, 0.6) is 0 Å². The van der Waals surface area contributed by atoms with Gasteiger partial charge in [0.2, 0.25) is 0 Å². The molecule has 0 amide bonds. The van der Waals surface area contributed by atoms with E-state index in [0.717, 1.165) is 16.3 Å². The van der Waals surface area contributed by atoms with E-state index in [-0.39, 0.29) is 6.04 Å². The van der Waals surface area contributed by atoms with Crippen molar-refractivity contribution in [3.8, 4) is 0 Å². The predicted molar refractivity (Wildman–Crippen MR) is 80.1 cm³/mol. The number of rotatable bonds is 2. The Kier molecular flexibility index (Phi) is 2.97. The lowest BCUT2D eigenvalue weighted by Crippen LogP contribution is -2.23. The summed E-state index contributed by atoms with van der Waals surface area (Å²) in [5, 5.41) is 14.5. The summed E-state index contributed by atoms with van der Waals surface area (Å²) in [7, 11) is 0. The van der Waals surface area contributed by atoms with Crippen LogP contribution in [0.4, 0.5) is 0 Å². The van der Waals surface area contributed by atoms with Gasteiger partial charge in [-0.2, -0.15) is 0 Å². The molecule has 0 unspecified atom stereocenters. The molecule has 2 atom stereocenters. The highest BCUT2D eigenvalue weighted by molar-refractivity contribution is 6.09. The first-order valence-corrected chi connectivity index (χ1v) is 6.52. The summed E-state index contributed by atoms with van der Waals surface area (Å²) >= 11 is 0. The number of hydrogen-bond donors (Lipinski definition) is 2. The third kappa shape index (κ3) is 1.99. The Balaban J connectivity index is 2.42. The van der Waals surface area contributed by atoms with Crippen LogP contribution in [0.1, 0.15) is 18.5 Å². The Morgan fingerprint density at radius 2 is 1.47 bits per heavy atom. The predicted octanol–water partition coefficient (Wildman–Crippen LogP) is 3.37. The second-order valence-electron chi connectivity index (χ2n) is 5.00. The molecule has 96 valence electrons. The minimum atomic E-state index is -0.565. The van der Waals surface area contributed by atoms with Crippen molar-refractivity contribution >= 4 is 21.5 Å². The summed E-state index contributed by atoms with van der Waals surface area (Å²) in [6, 6.07) is 18.2. The average Bonchev–Trinajstić information content (AvgIpc) is 2.45. The van der Waals surface area contributed by atoms with Gasteiger partial charge in [-0.15, -0.1) is 0 Å². The van der Waals surface area contributed by atoms with Crippen molar-refractivity contribution < 1.29 is 5.11 Å². The molecule has 0 aliphatic rings. The number of aliphatic hydroxyl groups excluding tert-OH is 1. The summed E-state index contributed by atoms with van der Waals surface area (Å²) < 4.78 is 0. The van der Waals surface area contributed by atoms with Gasteiger partial charge in [0.15, 0.2) is 0 Å². The van der Waals surface area contributed by atoms with E-state index in [9.17, 15) is 5.11 Å². The zero-order valence-corrected chi connectivity index (χ0v) is 10.9. The van der Waals surface area contributed by atoms with E-state index in [1.807, 2.05) is 24.3 Å².